The highest BCUT2D eigenvalue weighted by Gasteiger charge is 2.39. The molecule has 5 nitrogen and oxygen atoms in total. The van der Waals surface area contributed by atoms with Crippen molar-refractivity contribution in [1.29, 1.82) is 0 Å². The minimum absolute atomic E-state index is 0.133. The second-order valence-electron chi connectivity index (χ2n) is 6.61. The molecule has 1 aromatic rings. The first-order valence-corrected chi connectivity index (χ1v) is 8.57. The average Bonchev–Trinajstić information content (AvgIpc) is 2.97. The van der Waals surface area contributed by atoms with Crippen molar-refractivity contribution < 1.29 is 4.74 Å². The molecule has 2 fully saturated rings. The fraction of sp³-hybridized carbons (Fsp3) is 0.875. The van der Waals surface area contributed by atoms with E-state index in [2.05, 4.69) is 33.4 Å². The molecule has 0 bridgehead atoms. The molecule has 1 saturated carbocycles. The van der Waals surface area contributed by atoms with Crippen LogP contribution in [-0.4, -0.2) is 33.7 Å². The van der Waals surface area contributed by atoms with Gasteiger partial charge in [0.2, 0.25) is 0 Å². The normalized spacial score (nSPS) is 25.3. The monoisotopic (exact) mass is 292 g/mol. The lowest BCUT2D eigenvalue weighted by molar-refractivity contribution is -0.115. The molecule has 3 rings (SSSR count). The van der Waals surface area contributed by atoms with Gasteiger partial charge in [-0.2, -0.15) is 0 Å². The zero-order chi connectivity index (χ0) is 14.5. The summed E-state index contributed by atoms with van der Waals surface area (Å²) < 4.78 is 8.26. The van der Waals surface area contributed by atoms with Crippen LogP contribution in [0.15, 0.2) is 6.20 Å². The van der Waals surface area contributed by atoms with Crippen LogP contribution in [0, 0.1) is 0 Å². The van der Waals surface area contributed by atoms with Crippen LogP contribution < -0.4 is 5.32 Å². The number of rotatable bonds is 5. The number of nitrogens with one attached hydrogen (secondary N) is 1. The van der Waals surface area contributed by atoms with Crippen molar-refractivity contribution >= 4 is 0 Å². The van der Waals surface area contributed by atoms with E-state index >= 15 is 0 Å². The van der Waals surface area contributed by atoms with E-state index in [4.69, 9.17) is 4.74 Å². The van der Waals surface area contributed by atoms with Gasteiger partial charge in [0.05, 0.1) is 23.5 Å². The van der Waals surface area contributed by atoms with Crippen molar-refractivity contribution in [3.05, 3.63) is 11.9 Å². The van der Waals surface area contributed by atoms with Gasteiger partial charge in [0, 0.05) is 13.2 Å². The van der Waals surface area contributed by atoms with E-state index in [9.17, 15) is 0 Å². The van der Waals surface area contributed by atoms with Crippen LogP contribution >= 0.6 is 0 Å². The molecule has 1 saturated heterocycles. The minimum Gasteiger partial charge on any atom is -0.375 e. The third-order valence-corrected chi connectivity index (χ3v) is 4.90. The Morgan fingerprint density at radius 2 is 2.24 bits per heavy atom. The van der Waals surface area contributed by atoms with Gasteiger partial charge in [0.1, 0.15) is 0 Å². The summed E-state index contributed by atoms with van der Waals surface area (Å²) in [6.07, 6.45) is 11.9. The molecule has 5 heteroatoms. The number of hydrogen-bond acceptors (Lipinski definition) is 4. The van der Waals surface area contributed by atoms with Crippen molar-refractivity contribution in [2.24, 2.45) is 0 Å². The summed E-state index contributed by atoms with van der Waals surface area (Å²) in [6.45, 7) is 4.90. The maximum Gasteiger partial charge on any atom is 0.0964 e. The largest absolute Gasteiger partial charge is 0.375 e. The Kier molecular flexibility index (Phi) is 4.91. The molecule has 118 valence electrons. The first kappa shape index (κ1) is 15.0. The number of hydrogen-bond donors (Lipinski definition) is 1. The van der Waals surface area contributed by atoms with Gasteiger partial charge in [-0.25, -0.2) is 4.68 Å². The Morgan fingerprint density at radius 1 is 1.38 bits per heavy atom. The summed E-state index contributed by atoms with van der Waals surface area (Å²) in [4.78, 5) is 0. The van der Waals surface area contributed by atoms with Crippen LogP contribution in [0.25, 0.3) is 0 Å². The molecule has 2 heterocycles. The van der Waals surface area contributed by atoms with Gasteiger partial charge < -0.3 is 10.1 Å². The Labute approximate surface area is 127 Å². The Hall–Kier alpha value is -0.940. The predicted octanol–water partition coefficient (Wildman–Crippen LogP) is 2.83. The van der Waals surface area contributed by atoms with Crippen molar-refractivity contribution in [3.63, 3.8) is 0 Å². The fourth-order valence-electron chi connectivity index (χ4n) is 3.74. The van der Waals surface area contributed by atoms with Crippen molar-refractivity contribution in [3.8, 4) is 0 Å². The molecular weight excluding hydrogens is 264 g/mol. The van der Waals surface area contributed by atoms with Gasteiger partial charge in [-0.1, -0.05) is 31.4 Å². The highest BCUT2D eigenvalue weighted by Crippen LogP contribution is 2.41. The van der Waals surface area contributed by atoms with Gasteiger partial charge in [-0.05, 0) is 38.6 Å². The van der Waals surface area contributed by atoms with Crippen LogP contribution in [0.3, 0.4) is 0 Å². The molecule has 0 radical (unpaired) electrons. The summed E-state index contributed by atoms with van der Waals surface area (Å²) in [5.41, 5.74) is 1.18. The van der Waals surface area contributed by atoms with Crippen molar-refractivity contribution in [1.82, 2.24) is 20.3 Å². The van der Waals surface area contributed by atoms with E-state index in [1.165, 1.54) is 32.1 Å². The average molecular weight is 292 g/mol. The number of ether oxygens (including phenoxy) is 1. The van der Waals surface area contributed by atoms with Crippen molar-refractivity contribution in [2.45, 2.75) is 76.5 Å². The number of aromatic nitrogens is 3. The molecule has 21 heavy (non-hydrogen) atoms. The minimum atomic E-state index is 0.133. The molecule has 1 atom stereocenters. The van der Waals surface area contributed by atoms with E-state index in [1.807, 2.05) is 0 Å². The van der Waals surface area contributed by atoms with Crippen LogP contribution in [0.4, 0.5) is 0 Å². The summed E-state index contributed by atoms with van der Waals surface area (Å²) in [6, 6.07) is 0.462. The topological polar surface area (TPSA) is 52.0 Å². The van der Waals surface area contributed by atoms with Crippen LogP contribution in [0.2, 0.25) is 0 Å². The van der Waals surface area contributed by atoms with E-state index in [0.29, 0.717) is 6.04 Å². The summed E-state index contributed by atoms with van der Waals surface area (Å²) >= 11 is 0. The van der Waals surface area contributed by atoms with E-state index < -0.39 is 0 Å². The summed E-state index contributed by atoms with van der Waals surface area (Å²) in [7, 11) is 0. The lowest BCUT2D eigenvalue weighted by Gasteiger charge is -2.43. The Bertz CT molecular complexity index is 434. The molecule has 1 N–H and O–H groups in total. The zero-order valence-corrected chi connectivity index (χ0v) is 13.2. The molecule has 1 aliphatic heterocycles. The Morgan fingerprint density at radius 3 is 3.05 bits per heavy atom. The quantitative estimate of drug-likeness (QED) is 0.848. The highest BCUT2D eigenvalue weighted by molar-refractivity contribution is 4.96. The zero-order valence-electron chi connectivity index (χ0n) is 13.2. The lowest BCUT2D eigenvalue weighted by atomic mass is 9.78. The lowest BCUT2D eigenvalue weighted by Crippen LogP contribution is -2.42. The van der Waals surface area contributed by atoms with Crippen LogP contribution in [-0.2, 0) is 11.3 Å². The SMILES string of the molecule is CCCNCc1cn(C2CCOC3(CCCCC3)C2)nn1. The van der Waals surface area contributed by atoms with Gasteiger partial charge in [-0.3, -0.25) is 0 Å². The maximum atomic E-state index is 6.17. The van der Waals surface area contributed by atoms with Gasteiger partial charge >= 0.3 is 0 Å². The molecule has 0 aromatic carbocycles. The van der Waals surface area contributed by atoms with Gasteiger partial charge in [-0.15, -0.1) is 5.10 Å². The smallest absolute Gasteiger partial charge is 0.0964 e. The summed E-state index contributed by atoms with van der Waals surface area (Å²) in [5, 5.41) is 12.1. The van der Waals surface area contributed by atoms with E-state index in [0.717, 1.165) is 44.7 Å². The van der Waals surface area contributed by atoms with Gasteiger partial charge in [0.15, 0.2) is 0 Å². The first-order chi connectivity index (χ1) is 10.3. The first-order valence-electron chi connectivity index (χ1n) is 8.57. The predicted molar refractivity (Wildman–Crippen MR) is 82.1 cm³/mol. The summed E-state index contributed by atoms with van der Waals surface area (Å²) in [5.74, 6) is 0. The molecular formula is C16H28N4O. The molecule has 0 amide bonds. The van der Waals surface area contributed by atoms with Crippen LogP contribution in [0.1, 0.15) is 70.0 Å². The standard InChI is InChI=1S/C16H28N4O/c1-2-9-17-12-14-13-20(19-18-14)15-6-10-21-16(11-15)7-4-3-5-8-16/h13,15,17H,2-12H2,1H3. The Balaban J connectivity index is 1.60. The molecule has 1 aromatic heterocycles. The fourth-order valence-corrected chi connectivity index (χ4v) is 3.74. The third kappa shape index (κ3) is 3.64. The van der Waals surface area contributed by atoms with E-state index in [1.54, 1.807) is 0 Å². The third-order valence-electron chi connectivity index (χ3n) is 4.90. The van der Waals surface area contributed by atoms with Crippen LogP contribution in [0.5, 0.6) is 0 Å². The second-order valence-corrected chi connectivity index (χ2v) is 6.61. The van der Waals surface area contributed by atoms with Gasteiger partial charge in [0.25, 0.3) is 0 Å². The second kappa shape index (κ2) is 6.88. The number of nitrogens with zero attached hydrogens (tertiary/aromatic N) is 3. The van der Waals surface area contributed by atoms with Crippen molar-refractivity contribution in [2.75, 3.05) is 13.2 Å². The molecule has 1 unspecified atom stereocenters. The highest BCUT2D eigenvalue weighted by atomic mass is 16.5. The van der Waals surface area contributed by atoms with E-state index in [-0.39, 0.29) is 5.60 Å². The maximum absolute atomic E-state index is 6.17. The molecule has 2 aliphatic rings. The molecule has 1 aliphatic carbocycles. The molecule has 1 spiro atoms.